The molecule has 0 saturated carbocycles. The van der Waals surface area contributed by atoms with Gasteiger partial charge in [-0.2, -0.15) is 10.1 Å². The molecule has 8 nitrogen and oxygen atoms in total. The predicted molar refractivity (Wildman–Crippen MR) is 115 cm³/mol. The highest BCUT2D eigenvalue weighted by atomic mass is 16.5. The molecule has 0 N–H and O–H groups in total. The van der Waals surface area contributed by atoms with Crippen LogP contribution in [0.2, 0.25) is 0 Å². The molecule has 0 spiro atoms. The fraction of sp³-hybridized carbons (Fsp3) is 0.318. The van der Waals surface area contributed by atoms with Crippen LogP contribution in [-0.4, -0.2) is 35.4 Å². The quantitative estimate of drug-likeness (QED) is 0.507. The van der Waals surface area contributed by atoms with E-state index in [1.165, 1.54) is 4.68 Å². The van der Waals surface area contributed by atoms with E-state index in [9.17, 15) is 4.79 Å². The molecule has 1 unspecified atom stereocenters. The molecular formula is C22H24N6O2. The van der Waals surface area contributed by atoms with Crippen molar-refractivity contribution in [3.63, 3.8) is 0 Å². The van der Waals surface area contributed by atoms with Gasteiger partial charge in [0.1, 0.15) is 11.2 Å². The molecule has 4 aromatic heterocycles. The highest BCUT2D eigenvalue weighted by Gasteiger charge is 2.22. The molecule has 0 radical (unpaired) electrons. The molecule has 4 heterocycles. The van der Waals surface area contributed by atoms with Crippen molar-refractivity contribution in [2.24, 2.45) is 7.05 Å². The van der Waals surface area contributed by atoms with Crippen LogP contribution in [-0.2, 0) is 7.05 Å². The van der Waals surface area contributed by atoms with Crippen molar-refractivity contribution in [1.29, 1.82) is 0 Å². The highest BCUT2D eigenvalue weighted by molar-refractivity contribution is 5.77. The van der Waals surface area contributed by atoms with Crippen LogP contribution in [0.15, 0.2) is 47.4 Å². The Bertz CT molecular complexity index is 1230. The Balaban J connectivity index is 1.98. The van der Waals surface area contributed by atoms with Crippen molar-refractivity contribution in [3.8, 4) is 17.4 Å². The van der Waals surface area contributed by atoms with Gasteiger partial charge in [0, 0.05) is 24.9 Å². The smallest absolute Gasteiger partial charge is 0.269 e. The van der Waals surface area contributed by atoms with Gasteiger partial charge in [0.15, 0.2) is 11.5 Å². The molecule has 0 aliphatic heterocycles. The second kappa shape index (κ2) is 7.70. The zero-order chi connectivity index (χ0) is 21.4. The number of aromatic nitrogens is 6. The van der Waals surface area contributed by atoms with E-state index in [2.05, 4.69) is 10.1 Å². The Morgan fingerprint density at radius 1 is 1.07 bits per heavy atom. The Kier molecular flexibility index (Phi) is 5.07. The van der Waals surface area contributed by atoms with Crippen LogP contribution in [0, 0.1) is 6.92 Å². The van der Waals surface area contributed by atoms with Crippen molar-refractivity contribution in [1.82, 2.24) is 29.3 Å². The SMILES string of the molecule is Cc1cc(-c2nc3ccc(OC(C)C)nc3n2C(C)c2ccccn2)nn(C)c1=O. The normalized spacial score (nSPS) is 12.5. The van der Waals surface area contributed by atoms with Gasteiger partial charge in [-0.15, -0.1) is 0 Å². The minimum absolute atomic E-state index is 0.00645. The van der Waals surface area contributed by atoms with Gasteiger partial charge in [0.2, 0.25) is 5.88 Å². The maximum Gasteiger partial charge on any atom is 0.269 e. The van der Waals surface area contributed by atoms with Crippen LogP contribution in [0.1, 0.15) is 38.1 Å². The van der Waals surface area contributed by atoms with Crippen molar-refractivity contribution in [3.05, 3.63) is 64.2 Å². The first kappa shape index (κ1) is 19.8. The van der Waals surface area contributed by atoms with Gasteiger partial charge >= 0.3 is 0 Å². The summed E-state index contributed by atoms with van der Waals surface area (Å²) in [4.78, 5) is 26.2. The van der Waals surface area contributed by atoms with Gasteiger partial charge in [0.05, 0.1) is 17.8 Å². The zero-order valence-electron chi connectivity index (χ0n) is 17.7. The monoisotopic (exact) mass is 404 g/mol. The molecule has 0 aliphatic rings. The maximum absolute atomic E-state index is 12.1. The first-order chi connectivity index (χ1) is 14.3. The number of nitrogens with zero attached hydrogens (tertiary/aromatic N) is 6. The lowest BCUT2D eigenvalue weighted by Gasteiger charge is -2.17. The minimum Gasteiger partial charge on any atom is -0.475 e. The molecule has 0 fully saturated rings. The van der Waals surface area contributed by atoms with E-state index in [1.807, 2.05) is 55.7 Å². The average Bonchev–Trinajstić information content (AvgIpc) is 3.10. The van der Waals surface area contributed by atoms with Crippen LogP contribution >= 0.6 is 0 Å². The van der Waals surface area contributed by atoms with Crippen LogP contribution in [0.3, 0.4) is 0 Å². The summed E-state index contributed by atoms with van der Waals surface area (Å²) in [5, 5.41) is 4.45. The summed E-state index contributed by atoms with van der Waals surface area (Å²) < 4.78 is 9.13. The van der Waals surface area contributed by atoms with E-state index in [4.69, 9.17) is 14.7 Å². The number of ether oxygens (including phenoxy) is 1. The van der Waals surface area contributed by atoms with E-state index in [0.29, 0.717) is 28.6 Å². The van der Waals surface area contributed by atoms with Crippen LogP contribution in [0.5, 0.6) is 5.88 Å². The second-order valence-electron chi connectivity index (χ2n) is 7.54. The topological polar surface area (TPSA) is 87.7 Å². The van der Waals surface area contributed by atoms with E-state index in [1.54, 1.807) is 26.2 Å². The van der Waals surface area contributed by atoms with E-state index in [-0.39, 0.29) is 17.7 Å². The Morgan fingerprint density at radius 2 is 1.87 bits per heavy atom. The van der Waals surface area contributed by atoms with E-state index >= 15 is 0 Å². The summed E-state index contributed by atoms with van der Waals surface area (Å²) in [6.45, 7) is 7.74. The van der Waals surface area contributed by atoms with Gasteiger partial charge in [-0.1, -0.05) is 6.07 Å². The van der Waals surface area contributed by atoms with Gasteiger partial charge in [-0.05, 0) is 52.0 Å². The lowest BCUT2D eigenvalue weighted by atomic mass is 10.2. The molecule has 8 heteroatoms. The number of hydrogen-bond donors (Lipinski definition) is 0. The van der Waals surface area contributed by atoms with E-state index in [0.717, 1.165) is 11.2 Å². The van der Waals surface area contributed by atoms with Gasteiger partial charge in [-0.25, -0.2) is 9.67 Å². The summed E-state index contributed by atoms with van der Waals surface area (Å²) in [6, 6.07) is 11.1. The standard InChI is InChI=1S/C22H24N6O2/c1-13(2)30-19-10-9-17-20(25-19)28(15(4)16-8-6-7-11-23-16)21(24-17)18-12-14(3)22(29)27(5)26-18/h6-13,15H,1-5H3. The molecule has 4 aromatic rings. The third-order valence-corrected chi connectivity index (χ3v) is 4.84. The second-order valence-corrected chi connectivity index (χ2v) is 7.54. The lowest BCUT2D eigenvalue weighted by molar-refractivity contribution is 0.233. The Morgan fingerprint density at radius 3 is 2.53 bits per heavy atom. The fourth-order valence-corrected chi connectivity index (χ4v) is 3.43. The molecule has 0 bridgehead atoms. The van der Waals surface area contributed by atoms with Gasteiger partial charge in [0.25, 0.3) is 5.56 Å². The third-order valence-electron chi connectivity index (χ3n) is 4.84. The largest absolute Gasteiger partial charge is 0.475 e. The van der Waals surface area contributed by atoms with Crippen LogP contribution < -0.4 is 10.3 Å². The average molecular weight is 404 g/mol. The van der Waals surface area contributed by atoms with Crippen molar-refractivity contribution >= 4 is 11.2 Å². The van der Waals surface area contributed by atoms with Crippen LogP contribution in [0.4, 0.5) is 0 Å². The molecule has 30 heavy (non-hydrogen) atoms. The van der Waals surface area contributed by atoms with E-state index < -0.39 is 0 Å². The first-order valence-corrected chi connectivity index (χ1v) is 9.87. The van der Waals surface area contributed by atoms with Crippen molar-refractivity contribution in [2.45, 2.75) is 39.8 Å². The minimum atomic E-state index is -0.160. The highest BCUT2D eigenvalue weighted by Crippen LogP contribution is 2.30. The number of pyridine rings is 2. The maximum atomic E-state index is 12.1. The number of imidazole rings is 1. The molecule has 154 valence electrons. The molecule has 1 atom stereocenters. The first-order valence-electron chi connectivity index (χ1n) is 9.87. The number of fused-ring (bicyclic) bond motifs is 1. The summed E-state index contributed by atoms with van der Waals surface area (Å²) in [7, 11) is 1.64. The summed E-state index contributed by atoms with van der Waals surface area (Å²) in [5.41, 5.74) is 3.33. The number of hydrogen-bond acceptors (Lipinski definition) is 6. The molecule has 0 amide bonds. The summed E-state index contributed by atoms with van der Waals surface area (Å²) in [6.07, 6.45) is 1.77. The molecule has 0 saturated heterocycles. The Hall–Kier alpha value is -3.55. The molecule has 0 aliphatic carbocycles. The zero-order valence-corrected chi connectivity index (χ0v) is 17.7. The Labute approximate surface area is 174 Å². The van der Waals surface area contributed by atoms with Crippen molar-refractivity contribution < 1.29 is 4.74 Å². The predicted octanol–water partition coefficient (Wildman–Crippen LogP) is 3.29. The third kappa shape index (κ3) is 3.56. The van der Waals surface area contributed by atoms with Gasteiger partial charge in [-0.3, -0.25) is 14.3 Å². The van der Waals surface area contributed by atoms with Crippen LogP contribution in [0.25, 0.3) is 22.7 Å². The molecule has 4 rings (SSSR count). The summed E-state index contributed by atoms with van der Waals surface area (Å²) in [5.74, 6) is 1.15. The number of rotatable bonds is 5. The molecule has 0 aromatic carbocycles. The summed E-state index contributed by atoms with van der Waals surface area (Å²) >= 11 is 0. The van der Waals surface area contributed by atoms with Gasteiger partial charge < -0.3 is 4.74 Å². The lowest BCUT2D eigenvalue weighted by Crippen LogP contribution is -2.22. The number of aryl methyl sites for hydroxylation is 2. The fourth-order valence-electron chi connectivity index (χ4n) is 3.43. The van der Waals surface area contributed by atoms with Crippen molar-refractivity contribution in [2.75, 3.05) is 0 Å². The molecular weight excluding hydrogens is 380 g/mol.